The van der Waals surface area contributed by atoms with Crippen molar-refractivity contribution in [2.75, 3.05) is 19.7 Å². The predicted molar refractivity (Wildman–Crippen MR) is 94.7 cm³/mol. The number of nitrogens with one attached hydrogen (secondary N) is 2. The summed E-state index contributed by atoms with van der Waals surface area (Å²) in [7, 11) is 0. The number of hydroxylamine groups is 2. The van der Waals surface area contributed by atoms with Crippen LogP contribution in [0.5, 0.6) is 11.5 Å². The van der Waals surface area contributed by atoms with Crippen molar-refractivity contribution in [3.63, 3.8) is 0 Å². The Morgan fingerprint density at radius 3 is 2.88 bits per heavy atom. The van der Waals surface area contributed by atoms with Gasteiger partial charge in [-0.1, -0.05) is 38.3 Å². The molecule has 2 unspecified atom stereocenters. The lowest BCUT2D eigenvalue weighted by molar-refractivity contribution is -0.154. The van der Waals surface area contributed by atoms with Crippen molar-refractivity contribution in [3.05, 3.63) is 24.3 Å². The van der Waals surface area contributed by atoms with Gasteiger partial charge in [-0.3, -0.25) is 20.2 Å². The van der Waals surface area contributed by atoms with Crippen LogP contribution >= 0.6 is 0 Å². The van der Waals surface area contributed by atoms with Crippen LogP contribution in [0.2, 0.25) is 0 Å². The number of amides is 2. The van der Waals surface area contributed by atoms with Crippen LogP contribution in [0.15, 0.2) is 24.3 Å². The van der Waals surface area contributed by atoms with Gasteiger partial charge in [-0.15, -0.1) is 0 Å². The number of unbranched alkanes of at least 4 members (excludes halogenated alkanes) is 2. The number of hydrazine groups is 1. The van der Waals surface area contributed by atoms with Gasteiger partial charge in [0.2, 0.25) is 12.3 Å². The van der Waals surface area contributed by atoms with Gasteiger partial charge in [-0.05, 0) is 18.6 Å². The summed E-state index contributed by atoms with van der Waals surface area (Å²) in [4.78, 5) is 22.9. The molecular weight excluding hydrogens is 338 g/mol. The Kier molecular flexibility index (Phi) is 8.17. The van der Waals surface area contributed by atoms with E-state index in [1.165, 1.54) is 0 Å². The van der Waals surface area contributed by atoms with Crippen LogP contribution in [0.25, 0.3) is 0 Å². The summed E-state index contributed by atoms with van der Waals surface area (Å²) in [5, 5.41) is 9.89. The molecule has 144 valence electrons. The molecule has 1 aliphatic heterocycles. The van der Waals surface area contributed by atoms with Crippen LogP contribution in [0, 0.1) is 5.92 Å². The molecule has 0 fully saturated rings. The van der Waals surface area contributed by atoms with Gasteiger partial charge in [0, 0.05) is 0 Å². The zero-order valence-electron chi connectivity index (χ0n) is 15.0. The SMILES string of the molecule is CCCCCC(CN(O)C=O)C(=O)NNCC1COc2ccccc2O1. The monoisotopic (exact) mass is 365 g/mol. The highest BCUT2D eigenvalue weighted by atomic mass is 16.6. The Labute approximate surface area is 153 Å². The Hall–Kier alpha value is -2.32. The second-order valence-corrected chi connectivity index (χ2v) is 6.29. The van der Waals surface area contributed by atoms with E-state index in [4.69, 9.17) is 9.47 Å². The van der Waals surface area contributed by atoms with Gasteiger partial charge in [-0.25, -0.2) is 10.5 Å². The molecule has 0 aromatic heterocycles. The summed E-state index contributed by atoms with van der Waals surface area (Å²) in [6.07, 6.45) is 3.56. The molecule has 1 heterocycles. The summed E-state index contributed by atoms with van der Waals surface area (Å²) in [6.45, 7) is 2.80. The first kappa shape index (κ1) is 20.0. The van der Waals surface area contributed by atoms with Gasteiger partial charge in [0.05, 0.1) is 19.0 Å². The molecule has 1 aliphatic rings. The fraction of sp³-hybridized carbons (Fsp3) is 0.556. The van der Waals surface area contributed by atoms with Crippen LogP contribution in [-0.4, -0.2) is 48.4 Å². The van der Waals surface area contributed by atoms with E-state index in [1.807, 2.05) is 24.3 Å². The largest absolute Gasteiger partial charge is 0.486 e. The molecule has 0 bridgehead atoms. The summed E-state index contributed by atoms with van der Waals surface area (Å²) in [5.41, 5.74) is 5.49. The quantitative estimate of drug-likeness (QED) is 0.238. The molecule has 0 radical (unpaired) electrons. The van der Waals surface area contributed by atoms with Crippen molar-refractivity contribution in [2.24, 2.45) is 5.92 Å². The number of rotatable bonds is 11. The molecule has 1 aromatic carbocycles. The van der Waals surface area contributed by atoms with E-state index < -0.39 is 5.92 Å². The number of hydrogen-bond donors (Lipinski definition) is 3. The molecule has 1 aromatic rings. The third-order valence-corrected chi connectivity index (χ3v) is 4.16. The molecule has 2 amide bonds. The summed E-state index contributed by atoms with van der Waals surface area (Å²) in [5.74, 6) is 0.643. The van der Waals surface area contributed by atoms with E-state index in [0.717, 1.165) is 19.3 Å². The van der Waals surface area contributed by atoms with E-state index >= 15 is 0 Å². The molecular formula is C18H27N3O5. The number of carbonyl (C=O) groups excluding carboxylic acids is 2. The smallest absolute Gasteiger partial charge is 0.239 e. The first-order chi connectivity index (χ1) is 12.6. The van der Waals surface area contributed by atoms with E-state index in [1.54, 1.807) is 0 Å². The molecule has 0 saturated carbocycles. The maximum atomic E-state index is 12.3. The van der Waals surface area contributed by atoms with Gasteiger partial charge in [-0.2, -0.15) is 0 Å². The highest BCUT2D eigenvalue weighted by molar-refractivity contribution is 5.78. The van der Waals surface area contributed by atoms with Crippen molar-refractivity contribution in [1.29, 1.82) is 0 Å². The minimum Gasteiger partial charge on any atom is -0.486 e. The number of carbonyl (C=O) groups is 2. The number of hydrogen-bond acceptors (Lipinski definition) is 6. The lowest BCUT2D eigenvalue weighted by atomic mass is 10.0. The fourth-order valence-corrected chi connectivity index (χ4v) is 2.73. The maximum Gasteiger partial charge on any atom is 0.239 e. The lowest BCUT2D eigenvalue weighted by Crippen LogP contribution is -2.49. The van der Waals surface area contributed by atoms with Crippen LogP contribution in [-0.2, 0) is 9.59 Å². The Morgan fingerprint density at radius 1 is 1.38 bits per heavy atom. The van der Waals surface area contributed by atoms with E-state index in [-0.39, 0.29) is 18.6 Å². The van der Waals surface area contributed by atoms with Crippen LogP contribution in [0.4, 0.5) is 0 Å². The minimum atomic E-state index is -0.478. The van der Waals surface area contributed by atoms with E-state index in [0.29, 0.717) is 42.5 Å². The molecule has 8 heteroatoms. The molecule has 0 saturated heterocycles. The van der Waals surface area contributed by atoms with Gasteiger partial charge < -0.3 is 9.47 Å². The average Bonchev–Trinajstić information content (AvgIpc) is 2.67. The fourth-order valence-electron chi connectivity index (χ4n) is 2.73. The third kappa shape index (κ3) is 6.20. The number of para-hydroxylation sites is 2. The van der Waals surface area contributed by atoms with Crippen molar-refractivity contribution in [1.82, 2.24) is 15.9 Å². The van der Waals surface area contributed by atoms with Crippen molar-refractivity contribution in [2.45, 2.75) is 38.7 Å². The predicted octanol–water partition coefficient (Wildman–Crippen LogP) is 1.49. The number of nitrogens with zero attached hydrogens (tertiary/aromatic N) is 1. The Bertz CT molecular complexity index is 584. The van der Waals surface area contributed by atoms with Gasteiger partial charge in [0.15, 0.2) is 11.5 Å². The molecule has 3 N–H and O–H groups in total. The summed E-state index contributed by atoms with van der Waals surface area (Å²) in [6, 6.07) is 7.42. The zero-order valence-corrected chi connectivity index (χ0v) is 15.0. The van der Waals surface area contributed by atoms with E-state index in [9.17, 15) is 14.8 Å². The van der Waals surface area contributed by atoms with E-state index in [2.05, 4.69) is 17.8 Å². The number of benzene rings is 1. The number of fused-ring (bicyclic) bond motifs is 1. The molecule has 0 aliphatic carbocycles. The van der Waals surface area contributed by atoms with Gasteiger partial charge >= 0.3 is 0 Å². The first-order valence-electron chi connectivity index (χ1n) is 8.96. The van der Waals surface area contributed by atoms with Crippen LogP contribution < -0.4 is 20.3 Å². The zero-order chi connectivity index (χ0) is 18.8. The third-order valence-electron chi connectivity index (χ3n) is 4.16. The van der Waals surface area contributed by atoms with Crippen molar-refractivity contribution >= 4 is 12.3 Å². The van der Waals surface area contributed by atoms with Gasteiger partial charge in [0.25, 0.3) is 0 Å². The second kappa shape index (κ2) is 10.6. The van der Waals surface area contributed by atoms with Gasteiger partial charge in [0.1, 0.15) is 12.7 Å². The average molecular weight is 365 g/mol. The molecule has 2 rings (SSSR count). The first-order valence-corrected chi connectivity index (χ1v) is 8.96. The summed E-state index contributed by atoms with van der Waals surface area (Å²) < 4.78 is 11.4. The Morgan fingerprint density at radius 2 is 2.15 bits per heavy atom. The topological polar surface area (TPSA) is 100 Å². The highest BCUT2D eigenvalue weighted by Crippen LogP contribution is 2.30. The van der Waals surface area contributed by atoms with Crippen LogP contribution in [0.1, 0.15) is 32.6 Å². The molecule has 8 nitrogen and oxygen atoms in total. The lowest BCUT2D eigenvalue weighted by Gasteiger charge is -2.27. The highest BCUT2D eigenvalue weighted by Gasteiger charge is 2.23. The normalized spacial score (nSPS) is 16.6. The molecule has 26 heavy (non-hydrogen) atoms. The number of ether oxygens (including phenoxy) is 2. The molecule has 2 atom stereocenters. The molecule has 0 spiro atoms. The standard InChI is InChI=1S/C18H27N3O5/c1-2-3-4-7-14(11-21(24)13-22)18(23)20-19-10-15-12-25-16-8-5-6-9-17(16)26-15/h5-6,8-9,13-15,19,24H,2-4,7,10-12H2,1H3,(H,20,23). The van der Waals surface area contributed by atoms with Crippen molar-refractivity contribution in [3.8, 4) is 11.5 Å². The minimum absolute atomic E-state index is 0.0306. The summed E-state index contributed by atoms with van der Waals surface area (Å²) >= 11 is 0. The second-order valence-electron chi connectivity index (χ2n) is 6.29. The van der Waals surface area contributed by atoms with Crippen LogP contribution in [0.3, 0.4) is 0 Å². The van der Waals surface area contributed by atoms with Crippen molar-refractivity contribution < 1.29 is 24.3 Å². The maximum absolute atomic E-state index is 12.3. The Balaban J connectivity index is 1.77.